The highest BCUT2D eigenvalue weighted by Crippen LogP contribution is 2.24. The van der Waals surface area contributed by atoms with Crippen molar-refractivity contribution in [3.05, 3.63) is 13.8 Å². The zero-order valence-electron chi connectivity index (χ0n) is 9.68. The molecule has 0 aliphatic carbocycles. The van der Waals surface area contributed by atoms with E-state index in [-0.39, 0.29) is 0 Å². The monoisotopic (exact) mass is 196 g/mol. The third kappa shape index (κ3) is 2.71. The summed E-state index contributed by atoms with van der Waals surface area (Å²) in [6.07, 6.45) is 3.19. The fourth-order valence-electron chi connectivity index (χ4n) is 2.30. The lowest BCUT2D eigenvalue weighted by molar-refractivity contribution is 0.0511. The second-order valence-electron chi connectivity index (χ2n) is 4.68. The lowest BCUT2D eigenvalue weighted by Gasteiger charge is -2.47. The van der Waals surface area contributed by atoms with Crippen molar-refractivity contribution in [2.45, 2.75) is 44.7 Å². The van der Waals surface area contributed by atoms with E-state index in [1.807, 2.05) is 0 Å². The first-order valence-electron chi connectivity index (χ1n) is 5.69. The molecule has 0 aromatic carbocycles. The first kappa shape index (κ1) is 12.0. The molecular formula is C12H24N2. The molecule has 2 heteroatoms. The van der Waals surface area contributed by atoms with Crippen LogP contribution in [0.4, 0.5) is 0 Å². The maximum atomic E-state index is 3.97. The predicted molar refractivity (Wildman–Crippen MR) is 62.0 cm³/mol. The van der Waals surface area contributed by atoms with Crippen LogP contribution < -0.4 is 5.32 Å². The average molecular weight is 196 g/mol. The van der Waals surface area contributed by atoms with Crippen molar-refractivity contribution >= 4 is 0 Å². The van der Waals surface area contributed by atoms with Gasteiger partial charge in [0.1, 0.15) is 0 Å². The van der Waals surface area contributed by atoms with Gasteiger partial charge in [0, 0.05) is 24.7 Å². The Bertz CT molecular complexity index is 170. The summed E-state index contributed by atoms with van der Waals surface area (Å²) in [5, 5.41) is 3.56. The average Bonchev–Trinajstić information content (AvgIpc) is 2.13. The summed E-state index contributed by atoms with van der Waals surface area (Å²) >= 11 is 0. The standard InChI is InChI=1S/C12H24N2/c1-5-7-12(4)10-13-11(3)9-14(12)8-6-2/h11,13H,1-2,5-10H2,3-4H3/t11-,12+/m0/s1. The van der Waals surface area contributed by atoms with Gasteiger partial charge < -0.3 is 5.32 Å². The normalized spacial score (nSPS) is 34.7. The molecule has 1 saturated heterocycles. The lowest BCUT2D eigenvalue weighted by atomic mass is 9.90. The van der Waals surface area contributed by atoms with Gasteiger partial charge in [-0.25, -0.2) is 0 Å². The van der Waals surface area contributed by atoms with Crippen LogP contribution in [0, 0.1) is 13.8 Å². The summed E-state index contributed by atoms with van der Waals surface area (Å²) in [4.78, 5) is 2.58. The van der Waals surface area contributed by atoms with Crippen molar-refractivity contribution in [2.75, 3.05) is 19.6 Å². The molecule has 1 aliphatic heterocycles. The van der Waals surface area contributed by atoms with E-state index >= 15 is 0 Å². The Balaban J connectivity index is 2.60. The summed E-state index contributed by atoms with van der Waals surface area (Å²) in [5.41, 5.74) is 0.298. The molecule has 1 fully saturated rings. The smallest absolute Gasteiger partial charge is 0.0306 e. The van der Waals surface area contributed by atoms with E-state index in [2.05, 4.69) is 37.9 Å². The van der Waals surface area contributed by atoms with Crippen LogP contribution in [0.25, 0.3) is 0 Å². The molecule has 0 unspecified atom stereocenters. The molecule has 1 N–H and O–H groups in total. The van der Waals surface area contributed by atoms with Gasteiger partial charge >= 0.3 is 0 Å². The van der Waals surface area contributed by atoms with Crippen LogP contribution in [-0.2, 0) is 0 Å². The van der Waals surface area contributed by atoms with Gasteiger partial charge in [0.15, 0.2) is 0 Å². The van der Waals surface area contributed by atoms with E-state index in [1.165, 1.54) is 6.42 Å². The van der Waals surface area contributed by atoms with Crippen LogP contribution in [0.15, 0.2) is 0 Å². The molecule has 1 heterocycles. The Kier molecular flexibility index (Phi) is 4.39. The quantitative estimate of drug-likeness (QED) is 0.738. The minimum absolute atomic E-state index is 0.298. The molecule has 2 atom stereocenters. The minimum atomic E-state index is 0.298. The largest absolute Gasteiger partial charge is 0.311 e. The first-order chi connectivity index (χ1) is 6.62. The molecule has 0 amide bonds. The van der Waals surface area contributed by atoms with Gasteiger partial charge in [-0.05, 0) is 33.2 Å². The van der Waals surface area contributed by atoms with Crippen molar-refractivity contribution < 1.29 is 0 Å². The molecule has 1 rings (SSSR count). The number of rotatable bonds is 4. The molecule has 2 radical (unpaired) electrons. The van der Waals surface area contributed by atoms with Crippen LogP contribution >= 0.6 is 0 Å². The summed E-state index contributed by atoms with van der Waals surface area (Å²) in [7, 11) is 0. The molecule has 14 heavy (non-hydrogen) atoms. The maximum absolute atomic E-state index is 3.97. The summed E-state index contributed by atoms with van der Waals surface area (Å²) in [6.45, 7) is 15.9. The van der Waals surface area contributed by atoms with Crippen LogP contribution in [0.5, 0.6) is 0 Å². The van der Waals surface area contributed by atoms with Gasteiger partial charge in [-0.15, -0.1) is 0 Å². The Hall–Kier alpha value is -0.0800. The number of hydrogen-bond donors (Lipinski definition) is 1. The molecule has 2 nitrogen and oxygen atoms in total. The van der Waals surface area contributed by atoms with E-state index in [9.17, 15) is 0 Å². The SMILES string of the molecule is [CH2]CCN1C[C@H](C)NC[C@@]1(C)CC[CH2]. The fraction of sp³-hybridized carbons (Fsp3) is 0.833. The Labute approximate surface area is 89.1 Å². The third-order valence-corrected chi connectivity index (χ3v) is 3.23. The molecule has 0 spiro atoms. The highest BCUT2D eigenvalue weighted by molar-refractivity contribution is 4.94. The second kappa shape index (κ2) is 5.13. The molecule has 0 bridgehead atoms. The van der Waals surface area contributed by atoms with Crippen LogP contribution in [0.2, 0.25) is 0 Å². The Morgan fingerprint density at radius 3 is 2.71 bits per heavy atom. The van der Waals surface area contributed by atoms with Crippen molar-refractivity contribution in [3.8, 4) is 0 Å². The zero-order valence-corrected chi connectivity index (χ0v) is 9.68. The first-order valence-corrected chi connectivity index (χ1v) is 5.69. The third-order valence-electron chi connectivity index (χ3n) is 3.23. The molecule has 0 aromatic rings. The molecule has 1 aliphatic rings. The predicted octanol–water partition coefficient (Wildman–Crippen LogP) is 1.88. The van der Waals surface area contributed by atoms with Gasteiger partial charge in [0.25, 0.3) is 0 Å². The molecule has 0 saturated carbocycles. The Morgan fingerprint density at radius 1 is 1.43 bits per heavy atom. The Morgan fingerprint density at radius 2 is 2.14 bits per heavy atom. The van der Waals surface area contributed by atoms with Crippen LogP contribution in [-0.4, -0.2) is 36.1 Å². The van der Waals surface area contributed by atoms with E-state index in [0.29, 0.717) is 11.6 Å². The summed E-state index contributed by atoms with van der Waals surface area (Å²) < 4.78 is 0. The van der Waals surface area contributed by atoms with Gasteiger partial charge in [0.2, 0.25) is 0 Å². The van der Waals surface area contributed by atoms with Gasteiger partial charge in [0.05, 0.1) is 0 Å². The second-order valence-corrected chi connectivity index (χ2v) is 4.68. The van der Waals surface area contributed by atoms with E-state index in [0.717, 1.165) is 32.5 Å². The lowest BCUT2D eigenvalue weighted by Crippen LogP contribution is -2.62. The molecule has 0 aromatic heterocycles. The fourth-order valence-corrected chi connectivity index (χ4v) is 2.30. The minimum Gasteiger partial charge on any atom is -0.311 e. The summed E-state index contributed by atoms with van der Waals surface area (Å²) in [6, 6.07) is 0.611. The van der Waals surface area contributed by atoms with Gasteiger partial charge in [-0.3, -0.25) is 4.90 Å². The van der Waals surface area contributed by atoms with E-state index < -0.39 is 0 Å². The summed E-state index contributed by atoms with van der Waals surface area (Å²) in [5.74, 6) is 0. The number of nitrogens with zero attached hydrogens (tertiary/aromatic N) is 1. The number of nitrogens with one attached hydrogen (secondary N) is 1. The van der Waals surface area contributed by atoms with Gasteiger partial charge in [-0.1, -0.05) is 20.3 Å². The number of hydrogen-bond acceptors (Lipinski definition) is 2. The number of piperazine rings is 1. The van der Waals surface area contributed by atoms with E-state index in [4.69, 9.17) is 0 Å². The van der Waals surface area contributed by atoms with Crippen molar-refractivity contribution in [1.82, 2.24) is 10.2 Å². The van der Waals surface area contributed by atoms with Crippen molar-refractivity contribution in [1.29, 1.82) is 0 Å². The van der Waals surface area contributed by atoms with Crippen LogP contribution in [0.1, 0.15) is 33.1 Å². The highest BCUT2D eigenvalue weighted by atomic mass is 15.3. The topological polar surface area (TPSA) is 15.3 Å². The van der Waals surface area contributed by atoms with Gasteiger partial charge in [-0.2, -0.15) is 0 Å². The zero-order chi connectivity index (χ0) is 10.6. The molecular weight excluding hydrogens is 172 g/mol. The van der Waals surface area contributed by atoms with Crippen LogP contribution in [0.3, 0.4) is 0 Å². The van der Waals surface area contributed by atoms with Crippen molar-refractivity contribution in [2.24, 2.45) is 0 Å². The molecule has 82 valence electrons. The van der Waals surface area contributed by atoms with E-state index in [1.54, 1.807) is 0 Å². The highest BCUT2D eigenvalue weighted by Gasteiger charge is 2.34. The maximum Gasteiger partial charge on any atom is 0.0306 e. The van der Waals surface area contributed by atoms with Crippen molar-refractivity contribution in [3.63, 3.8) is 0 Å².